The average molecular weight is 1630 g/mol. The van der Waals surface area contributed by atoms with Crippen LogP contribution in [0.3, 0.4) is 0 Å². The van der Waals surface area contributed by atoms with Crippen LogP contribution in [0.15, 0.2) is 183 Å². The Labute approximate surface area is 692 Å². The van der Waals surface area contributed by atoms with Gasteiger partial charge in [-0.1, -0.05) is 145 Å². The van der Waals surface area contributed by atoms with Crippen molar-refractivity contribution >= 4 is 113 Å². The van der Waals surface area contributed by atoms with E-state index < -0.39 is 12.8 Å². The van der Waals surface area contributed by atoms with E-state index in [1.54, 1.807) is 55.7 Å². The van der Waals surface area contributed by atoms with Crippen LogP contribution in [-0.2, 0) is 0 Å². The van der Waals surface area contributed by atoms with E-state index in [4.69, 9.17) is 51.1 Å². The molecule has 0 unspecified atom stereocenters. The molecule has 0 saturated carbocycles. The first-order valence-electron chi connectivity index (χ1n) is 39.1. The van der Waals surface area contributed by atoms with E-state index in [0.717, 1.165) is 170 Å². The highest BCUT2D eigenvalue weighted by molar-refractivity contribution is 6.32. The van der Waals surface area contributed by atoms with Gasteiger partial charge >= 0.3 is 6.18 Å². The van der Waals surface area contributed by atoms with E-state index in [1.807, 2.05) is 80.0 Å². The minimum Gasteiger partial charge on any atom is -0.484 e. The van der Waals surface area contributed by atoms with Gasteiger partial charge in [-0.15, -0.1) is 0 Å². The molecule has 604 valence electrons. The quantitative estimate of drug-likeness (QED) is 0.0216. The number of rotatable bonds is 25. The molecule has 8 aromatic carbocycles. The first-order valence-corrected chi connectivity index (χ1v) is 40.6. The Morgan fingerprint density at radius 2 is 0.667 bits per heavy atom. The van der Waals surface area contributed by atoms with Crippen molar-refractivity contribution < 1.29 is 22.3 Å². The van der Waals surface area contributed by atoms with Crippen molar-refractivity contribution in [3.63, 3.8) is 0 Å². The highest BCUT2D eigenvalue weighted by Crippen LogP contribution is 2.41. The number of alkyl halides is 3. The SMILES string of the molecule is Cc1cc(OCC(F)(F)F)cc(-c2cnc3cc(Cl)ccc3c2NCCCNC(C)(C)C)c1.Cc1ccc(-c2cnc3cc(Cl)ccc3c2NCCCC(C)(C)C)cc1.Cc1ccc(-c2cnc3cc(Cl)ccc3c2NCCCNC(C)(C)C)cc1.Cc1ccc(-c2cnc3cc(Cl)ccc3c2NCCCNC(C)(C)C)cc1F. The van der Waals surface area contributed by atoms with Crippen LogP contribution < -0.4 is 42.0 Å². The maximum atomic E-state index is 14.2. The zero-order valence-electron chi connectivity index (χ0n) is 68.7. The minimum atomic E-state index is -4.40. The Bertz CT molecular complexity index is 5190. The predicted octanol–water partition coefficient (Wildman–Crippen LogP) is 26.3. The van der Waals surface area contributed by atoms with Crippen LogP contribution in [0, 0.1) is 38.9 Å². The van der Waals surface area contributed by atoms with Gasteiger partial charge in [0, 0.05) is 131 Å². The number of nitrogens with one attached hydrogen (secondary N) is 7. The summed E-state index contributed by atoms with van der Waals surface area (Å²) in [6.45, 7) is 38.8. The van der Waals surface area contributed by atoms with Crippen LogP contribution >= 0.6 is 46.4 Å². The number of hydrogen-bond acceptors (Lipinski definition) is 12. The summed E-state index contributed by atoms with van der Waals surface area (Å²) in [5.74, 6) is -0.0483. The van der Waals surface area contributed by atoms with Gasteiger partial charge < -0.3 is 42.0 Å². The Morgan fingerprint density at radius 1 is 0.342 bits per heavy atom. The molecule has 12 nitrogen and oxygen atoms in total. The van der Waals surface area contributed by atoms with Crippen molar-refractivity contribution in [2.75, 3.05) is 73.7 Å². The van der Waals surface area contributed by atoms with Crippen molar-refractivity contribution in [1.82, 2.24) is 35.9 Å². The molecule has 0 aliphatic rings. The van der Waals surface area contributed by atoms with Crippen LogP contribution in [0.4, 0.5) is 40.3 Å². The molecule has 0 spiro atoms. The Kier molecular flexibility index (Phi) is 31.4. The number of fused-ring (bicyclic) bond motifs is 4. The highest BCUT2D eigenvalue weighted by atomic mass is 35.5. The Hall–Kier alpha value is -8.84. The zero-order chi connectivity index (χ0) is 82.7. The second-order valence-corrected chi connectivity index (χ2v) is 35.2. The third kappa shape index (κ3) is 27.7. The molecule has 0 bridgehead atoms. The maximum Gasteiger partial charge on any atom is 0.422 e. The molecule has 20 heteroatoms. The highest BCUT2D eigenvalue weighted by Gasteiger charge is 2.29. The molecular weight excluding hydrogens is 1520 g/mol. The molecule has 4 heterocycles. The fourth-order valence-corrected chi connectivity index (χ4v) is 13.5. The molecule has 4 aromatic heterocycles. The molecule has 114 heavy (non-hydrogen) atoms. The Morgan fingerprint density at radius 3 is 0.991 bits per heavy atom. The van der Waals surface area contributed by atoms with Gasteiger partial charge in [0.2, 0.25) is 0 Å². The van der Waals surface area contributed by atoms with Crippen molar-refractivity contribution in [3.8, 4) is 50.3 Å². The fourth-order valence-electron chi connectivity index (χ4n) is 12.8. The number of pyridine rings is 4. The van der Waals surface area contributed by atoms with E-state index in [1.165, 1.54) is 28.7 Å². The predicted molar refractivity (Wildman–Crippen MR) is 479 cm³/mol. The normalized spacial score (nSPS) is 11.9. The third-order valence-corrected chi connectivity index (χ3v) is 19.6. The number of benzene rings is 8. The van der Waals surface area contributed by atoms with E-state index in [2.05, 4.69) is 215 Å². The van der Waals surface area contributed by atoms with Gasteiger partial charge in [-0.05, 0) is 272 Å². The van der Waals surface area contributed by atoms with Gasteiger partial charge in [0.25, 0.3) is 0 Å². The lowest BCUT2D eigenvalue weighted by atomic mass is 9.90. The van der Waals surface area contributed by atoms with E-state index in [-0.39, 0.29) is 28.2 Å². The van der Waals surface area contributed by atoms with E-state index in [0.29, 0.717) is 37.6 Å². The van der Waals surface area contributed by atoms with Crippen LogP contribution in [0.25, 0.3) is 88.1 Å². The van der Waals surface area contributed by atoms with Gasteiger partial charge in [0.15, 0.2) is 6.61 Å². The van der Waals surface area contributed by atoms with Gasteiger partial charge in [-0.2, -0.15) is 13.2 Å². The van der Waals surface area contributed by atoms with E-state index in [9.17, 15) is 17.6 Å². The molecular formula is C94H111Cl4F4N11O. The summed E-state index contributed by atoms with van der Waals surface area (Å²) in [4.78, 5) is 18.4. The average Bonchev–Trinajstić information content (AvgIpc) is 0.784. The molecule has 12 aromatic rings. The molecule has 0 aliphatic carbocycles. The Balaban J connectivity index is 0.000000175. The summed E-state index contributed by atoms with van der Waals surface area (Å²) in [6, 6.07) is 50.6. The molecule has 0 aliphatic heterocycles. The molecule has 0 fully saturated rings. The summed E-state index contributed by atoms with van der Waals surface area (Å²) in [7, 11) is 0. The van der Waals surface area contributed by atoms with Gasteiger partial charge in [0.1, 0.15) is 11.6 Å². The number of ether oxygens (including phenoxy) is 1. The lowest BCUT2D eigenvalue weighted by Crippen LogP contribution is -2.36. The van der Waals surface area contributed by atoms with Crippen LogP contribution in [0.2, 0.25) is 20.1 Å². The van der Waals surface area contributed by atoms with Crippen LogP contribution in [0.5, 0.6) is 5.75 Å². The van der Waals surface area contributed by atoms with Gasteiger partial charge in [0.05, 0.1) is 44.8 Å². The first-order chi connectivity index (χ1) is 53.8. The van der Waals surface area contributed by atoms with E-state index >= 15 is 0 Å². The monoisotopic (exact) mass is 1630 g/mol. The lowest BCUT2D eigenvalue weighted by Gasteiger charge is -2.21. The smallest absolute Gasteiger partial charge is 0.422 e. The lowest BCUT2D eigenvalue weighted by molar-refractivity contribution is -0.153. The topological polar surface area (TPSA) is 145 Å². The summed E-state index contributed by atoms with van der Waals surface area (Å²) in [6.07, 6.45) is 8.23. The maximum absolute atomic E-state index is 14.2. The fraction of sp³-hybridized carbons (Fsp3) is 0.362. The van der Waals surface area contributed by atoms with Crippen molar-refractivity contribution in [2.45, 2.75) is 166 Å². The van der Waals surface area contributed by atoms with Gasteiger partial charge in [-0.25, -0.2) is 4.39 Å². The van der Waals surface area contributed by atoms with Crippen molar-refractivity contribution in [2.24, 2.45) is 5.41 Å². The molecule has 0 saturated heterocycles. The first kappa shape index (κ1) is 89.1. The van der Waals surface area contributed by atoms with Gasteiger partial charge in [-0.3, -0.25) is 19.9 Å². The van der Waals surface area contributed by atoms with Crippen LogP contribution in [-0.4, -0.2) is 95.1 Å². The number of aryl methyl sites for hydroxylation is 4. The molecule has 12 rings (SSSR count). The summed E-state index contributed by atoms with van der Waals surface area (Å²) >= 11 is 24.6. The second-order valence-electron chi connectivity index (χ2n) is 33.4. The number of halogens is 8. The molecule has 0 radical (unpaired) electrons. The number of aromatic nitrogens is 4. The number of nitrogens with zero attached hydrogens (tertiary/aromatic N) is 4. The number of hydrogen-bond donors (Lipinski definition) is 7. The third-order valence-electron chi connectivity index (χ3n) is 18.6. The molecule has 7 N–H and O–H groups in total. The second kappa shape index (κ2) is 40.1. The summed E-state index contributed by atoms with van der Waals surface area (Å²) in [5, 5.41) is 31.6. The minimum absolute atomic E-state index is 0.0413. The molecule has 0 atom stereocenters. The van der Waals surface area contributed by atoms with Crippen molar-refractivity contribution in [3.05, 3.63) is 231 Å². The standard InChI is InChI=1S/C25H29ClF3N3O.C23H27ClFN3.C23H28ClN3.C23H27ClN2/c1-16-10-17(12-19(11-16)33-15-25(27,28)29)21-14-31-22-13-18(26)6-7-20(22)23(21)30-8-5-9-32-24(2,3)4;1-15-6-7-16(12-20(15)25)19-14-27-21-13-17(24)8-9-18(21)22(19)26-10-5-11-28-23(2,3)4;1-16-6-8-17(9-7-16)20-15-26-21-14-18(24)10-11-19(21)22(20)25-12-5-13-27-23(2,3)4;1-16-6-8-17(9-7-16)20-15-26-21-14-18(24)10-11-19(21)22(20)25-13-5-12-23(2,3)4/h6-7,10-14,32H,5,8-9,15H2,1-4H3,(H,30,31);6-9,12-14,28H,5,10-11H2,1-4H3,(H,26,27);6-11,14-15,27H,5,12-13H2,1-4H3,(H,25,26);6-11,14-15H,5,12-13H2,1-4H3,(H,25,26). The summed E-state index contributed by atoms with van der Waals surface area (Å²) in [5.41, 5.74) is 19.9. The molecule has 0 amide bonds. The summed E-state index contributed by atoms with van der Waals surface area (Å²) < 4.78 is 57.1. The largest absolute Gasteiger partial charge is 0.484 e. The van der Waals surface area contributed by atoms with Crippen molar-refractivity contribution in [1.29, 1.82) is 0 Å². The zero-order valence-corrected chi connectivity index (χ0v) is 71.8. The van der Waals surface area contributed by atoms with Crippen LogP contribution in [0.1, 0.15) is 137 Å². The number of anilines is 4.